The van der Waals surface area contributed by atoms with Gasteiger partial charge in [-0.2, -0.15) is 4.98 Å². The maximum absolute atomic E-state index is 10.8. The number of piperidine rings is 1. The molecule has 0 unspecified atom stereocenters. The SMILES string of the molecule is N=c1c(N=O)c(N2CCCCC2)nc(N)n1O. The largest absolute Gasteiger partial charge is 0.423 e. The van der Waals surface area contributed by atoms with E-state index in [9.17, 15) is 10.1 Å². The Labute approximate surface area is 97.1 Å². The first-order chi connectivity index (χ1) is 8.15. The molecule has 1 saturated heterocycles. The van der Waals surface area contributed by atoms with Crippen molar-refractivity contribution < 1.29 is 5.21 Å². The molecule has 4 N–H and O–H groups in total. The topological polar surface area (TPSA) is 121 Å². The van der Waals surface area contributed by atoms with Crippen LogP contribution in [0.5, 0.6) is 0 Å². The second-order valence-electron chi connectivity index (χ2n) is 3.94. The molecule has 2 rings (SSSR count). The van der Waals surface area contributed by atoms with Crippen molar-refractivity contribution in [3.05, 3.63) is 10.4 Å². The van der Waals surface area contributed by atoms with Gasteiger partial charge in [-0.15, -0.1) is 9.64 Å². The molecule has 0 aromatic carbocycles. The highest BCUT2D eigenvalue weighted by Gasteiger charge is 2.20. The number of nitrogen functional groups attached to an aromatic ring is 1. The molecule has 0 saturated carbocycles. The normalized spacial score (nSPS) is 15.9. The Morgan fingerprint density at radius 3 is 2.59 bits per heavy atom. The van der Waals surface area contributed by atoms with Crippen molar-refractivity contribution in [2.24, 2.45) is 5.18 Å². The Bertz CT molecular complexity index is 491. The van der Waals surface area contributed by atoms with E-state index < -0.39 is 5.49 Å². The molecule has 0 atom stereocenters. The Kier molecular flexibility index (Phi) is 2.94. The van der Waals surface area contributed by atoms with Crippen molar-refractivity contribution in [3.8, 4) is 0 Å². The lowest BCUT2D eigenvalue weighted by atomic mass is 10.1. The number of nitrogens with zero attached hydrogens (tertiary/aromatic N) is 4. The van der Waals surface area contributed by atoms with Gasteiger partial charge in [0.25, 0.3) is 0 Å². The third-order valence-corrected chi connectivity index (χ3v) is 2.83. The Morgan fingerprint density at radius 2 is 2.00 bits per heavy atom. The number of hydrogen-bond donors (Lipinski definition) is 3. The zero-order valence-corrected chi connectivity index (χ0v) is 9.26. The molecule has 0 spiro atoms. The van der Waals surface area contributed by atoms with E-state index in [-0.39, 0.29) is 17.5 Å². The van der Waals surface area contributed by atoms with Gasteiger partial charge in [-0.25, -0.2) is 0 Å². The van der Waals surface area contributed by atoms with Crippen molar-refractivity contribution >= 4 is 17.5 Å². The lowest BCUT2D eigenvalue weighted by Gasteiger charge is -2.28. The molecule has 0 amide bonds. The summed E-state index contributed by atoms with van der Waals surface area (Å²) < 4.78 is 0.351. The third kappa shape index (κ3) is 1.93. The van der Waals surface area contributed by atoms with Crippen LogP contribution in [0.1, 0.15) is 19.3 Å². The predicted octanol–water partition coefficient (Wildman–Crippen LogP) is 0.570. The highest BCUT2D eigenvalue weighted by atomic mass is 16.5. The van der Waals surface area contributed by atoms with Gasteiger partial charge in [0.1, 0.15) is 0 Å². The summed E-state index contributed by atoms with van der Waals surface area (Å²) in [7, 11) is 0. The predicted molar refractivity (Wildman–Crippen MR) is 61.2 cm³/mol. The van der Waals surface area contributed by atoms with E-state index in [1.807, 2.05) is 4.90 Å². The molecule has 8 heteroatoms. The van der Waals surface area contributed by atoms with Crippen LogP contribution in [0.2, 0.25) is 0 Å². The van der Waals surface area contributed by atoms with Gasteiger partial charge in [0.15, 0.2) is 17.0 Å². The number of nitrogens with one attached hydrogen (secondary N) is 1. The van der Waals surface area contributed by atoms with Crippen LogP contribution >= 0.6 is 0 Å². The molecule has 2 heterocycles. The maximum Gasteiger partial charge on any atom is 0.238 e. The first-order valence-electron chi connectivity index (χ1n) is 5.40. The number of nitroso groups, excluding NO2 is 1. The highest BCUT2D eigenvalue weighted by Crippen LogP contribution is 2.25. The van der Waals surface area contributed by atoms with E-state index in [0.717, 1.165) is 32.4 Å². The van der Waals surface area contributed by atoms with Crippen molar-refractivity contribution in [2.45, 2.75) is 19.3 Å². The fourth-order valence-corrected chi connectivity index (χ4v) is 1.94. The first-order valence-corrected chi connectivity index (χ1v) is 5.40. The summed E-state index contributed by atoms with van der Waals surface area (Å²) in [6, 6.07) is 0. The fraction of sp³-hybridized carbons (Fsp3) is 0.556. The van der Waals surface area contributed by atoms with Crippen LogP contribution in [0.4, 0.5) is 17.5 Å². The van der Waals surface area contributed by atoms with Gasteiger partial charge in [0.05, 0.1) is 0 Å². The Balaban J connectivity index is 2.52. The quantitative estimate of drug-likeness (QED) is 0.513. The number of aromatic nitrogens is 2. The number of hydrogen-bond acceptors (Lipinski definition) is 7. The van der Waals surface area contributed by atoms with E-state index in [1.165, 1.54) is 0 Å². The number of nitrogens with two attached hydrogens (primary N) is 1. The van der Waals surface area contributed by atoms with Crippen molar-refractivity contribution in [1.82, 2.24) is 9.71 Å². The van der Waals surface area contributed by atoms with E-state index >= 15 is 0 Å². The lowest BCUT2D eigenvalue weighted by molar-refractivity contribution is 0.174. The van der Waals surface area contributed by atoms with Crippen LogP contribution in [0, 0.1) is 10.3 Å². The summed E-state index contributed by atoms with van der Waals surface area (Å²) in [5.41, 5.74) is 4.85. The number of rotatable bonds is 2. The molecule has 1 aliphatic rings. The van der Waals surface area contributed by atoms with E-state index in [0.29, 0.717) is 4.73 Å². The van der Waals surface area contributed by atoms with Gasteiger partial charge in [-0.3, -0.25) is 5.41 Å². The van der Waals surface area contributed by atoms with Crippen LogP contribution in [0.25, 0.3) is 0 Å². The summed E-state index contributed by atoms with van der Waals surface area (Å²) in [4.78, 5) is 16.6. The molecule has 0 aliphatic carbocycles. The van der Waals surface area contributed by atoms with Gasteiger partial charge in [-0.05, 0) is 24.4 Å². The van der Waals surface area contributed by atoms with Crippen LogP contribution in [-0.2, 0) is 0 Å². The van der Waals surface area contributed by atoms with Gasteiger partial charge < -0.3 is 15.8 Å². The van der Waals surface area contributed by atoms with E-state index in [1.54, 1.807) is 0 Å². The summed E-state index contributed by atoms with van der Waals surface area (Å²) in [6.07, 6.45) is 3.14. The Hall–Kier alpha value is -2.12. The minimum atomic E-state index is -0.437. The summed E-state index contributed by atoms with van der Waals surface area (Å²) in [6.45, 7) is 1.51. The molecule has 1 aromatic heterocycles. The van der Waals surface area contributed by atoms with Crippen LogP contribution in [-0.4, -0.2) is 28.0 Å². The molecular formula is C9H14N6O2. The standard InChI is InChI=1S/C9H14N6O2/c10-7-6(13-16)8(12-9(11)15(7)17)14-4-2-1-3-5-14/h10,17H,1-5H2,(H2,11,12). The fourth-order valence-electron chi connectivity index (χ4n) is 1.94. The highest BCUT2D eigenvalue weighted by molar-refractivity contribution is 5.62. The molecule has 1 aromatic rings. The molecule has 0 bridgehead atoms. The molecule has 17 heavy (non-hydrogen) atoms. The molecule has 1 aliphatic heterocycles. The van der Waals surface area contributed by atoms with Crippen LogP contribution < -0.4 is 16.1 Å². The molecule has 0 radical (unpaired) electrons. The molecule has 8 nitrogen and oxygen atoms in total. The minimum Gasteiger partial charge on any atom is -0.423 e. The minimum absolute atomic E-state index is 0.177. The van der Waals surface area contributed by atoms with Gasteiger partial charge in [-0.1, -0.05) is 0 Å². The second kappa shape index (κ2) is 4.40. The second-order valence-corrected chi connectivity index (χ2v) is 3.94. The molecular weight excluding hydrogens is 224 g/mol. The molecule has 92 valence electrons. The zero-order valence-electron chi connectivity index (χ0n) is 9.26. The first kappa shape index (κ1) is 11.4. The van der Waals surface area contributed by atoms with Crippen molar-refractivity contribution in [2.75, 3.05) is 23.7 Å². The summed E-state index contributed by atoms with van der Waals surface area (Å²) in [5.74, 6) is 0.0653. The summed E-state index contributed by atoms with van der Waals surface area (Å²) in [5, 5.41) is 19.7. The zero-order chi connectivity index (χ0) is 12.4. The third-order valence-electron chi connectivity index (χ3n) is 2.83. The molecule has 1 fully saturated rings. The average molecular weight is 238 g/mol. The van der Waals surface area contributed by atoms with Gasteiger partial charge >= 0.3 is 0 Å². The summed E-state index contributed by atoms with van der Waals surface area (Å²) >= 11 is 0. The Morgan fingerprint density at radius 1 is 1.35 bits per heavy atom. The average Bonchev–Trinajstić information content (AvgIpc) is 2.36. The van der Waals surface area contributed by atoms with E-state index in [2.05, 4.69) is 10.2 Å². The van der Waals surface area contributed by atoms with Gasteiger partial charge in [0.2, 0.25) is 5.95 Å². The van der Waals surface area contributed by atoms with E-state index in [4.69, 9.17) is 11.1 Å². The van der Waals surface area contributed by atoms with Crippen molar-refractivity contribution in [3.63, 3.8) is 0 Å². The van der Waals surface area contributed by atoms with Crippen LogP contribution in [0.3, 0.4) is 0 Å². The monoisotopic (exact) mass is 238 g/mol. The van der Waals surface area contributed by atoms with Crippen molar-refractivity contribution in [1.29, 1.82) is 5.41 Å². The maximum atomic E-state index is 10.8. The van der Waals surface area contributed by atoms with Gasteiger partial charge in [0, 0.05) is 13.1 Å². The van der Waals surface area contributed by atoms with Crippen LogP contribution in [0.15, 0.2) is 5.18 Å². The lowest BCUT2D eigenvalue weighted by Crippen LogP contribution is -2.33. The number of anilines is 2. The smallest absolute Gasteiger partial charge is 0.238 e.